The van der Waals surface area contributed by atoms with Gasteiger partial charge in [0, 0.05) is 76.4 Å². The number of carbonyl (C=O) groups excluding carboxylic acids is 2. The molecule has 6 rings (SSSR count). The van der Waals surface area contributed by atoms with E-state index in [0.29, 0.717) is 17.8 Å². The van der Waals surface area contributed by atoms with Crippen molar-refractivity contribution in [3.8, 4) is 22.5 Å². The van der Waals surface area contributed by atoms with E-state index in [2.05, 4.69) is 76.6 Å². The summed E-state index contributed by atoms with van der Waals surface area (Å²) in [6.45, 7) is 9.74. The maximum Gasteiger partial charge on any atom is 0.407 e. The van der Waals surface area contributed by atoms with Crippen LogP contribution >= 0.6 is 11.6 Å². The summed E-state index contributed by atoms with van der Waals surface area (Å²) in [6.07, 6.45) is 7.54. The summed E-state index contributed by atoms with van der Waals surface area (Å²) in [5.41, 5.74) is 8.34. The normalized spacial score (nSPS) is 11.9. The maximum atomic E-state index is 15.5. The third-order valence-corrected chi connectivity index (χ3v) is 10.1. The molecule has 0 saturated heterocycles. The monoisotopic (exact) mass is 888 g/mol. The number of anilines is 2. The number of aryl methyl sites for hydroxylation is 1. The Bertz CT molecular complexity index is 2630. The predicted molar refractivity (Wildman–Crippen MR) is 240 cm³/mol. The minimum Gasteiger partial charge on any atom is -0.453 e. The largest absolute Gasteiger partial charge is 0.453 e. The highest BCUT2D eigenvalue weighted by Gasteiger charge is 2.23. The number of nitrogens with zero attached hydrogens (tertiary/aromatic N) is 4. The number of aromatic amines is 1. The first-order valence-corrected chi connectivity index (χ1v) is 21.8. The number of fused-ring (bicyclic) bond motifs is 1. The minimum atomic E-state index is -3.75. The highest BCUT2D eigenvalue weighted by molar-refractivity contribution is 7.92. The molecule has 0 spiro atoms. The Morgan fingerprint density at radius 3 is 2.50 bits per heavy atom. The topological polar surface area (TPSA) is 217 Å². The fraction of sp³-hybridized carbons (Fsp3) is 0.279. The summed E-state index contributed by atoms with van der Waals surface area (Å²) in [5.74, 6) is -1.08. The van der Waals surface area contributed by atoms with Crippen LogP contribution < -0.4 is 26.2 Å². The van der Waals surface area contributed by atoms with Crippen molar-refractivity contribution in [2.75, 3.05) is 36.5 Å². The third-order valence-electron chi connectivity index (χ3n) is 9.32. The molecule has 0 aliphatic rings. The highest BCUT2D eigenvalue weighted by atomic mass is 35.5. The molecule has 0 radical (unpaired) electrons. The first kappa shape index (κ1) is 46.7. The van der Waals surface area contributed by atoms with Crippen molar-refractivity contribution < 1.29 is 32.3 Å². The molecule has 6 aromatic rings. The van der Waals surface area contributed by atoms with Crippen molar-refractivity contribution in [1.29, 1.82) is 0 Å². The van der Waals surface area contributed by atoms with Crippen molar-refractivity contribution in [2.45, 2.75) is 52.7 Å². The fourth-order valence-electron chi connectivity index (χ4n) is 6.29. The van der Waals surface area contributed by atoms with Crippen molar-refractivity contribution in [3.05, 3.63) is 118 Å². The average Bonchev–Trinajstić information content (AvgIpc) is 3.83. The van der Waals surface area contributed by atoms with E-state index < -0.39 is 27.8 Å². The Morgan fingerprint density at radius 2 is 1.81 bits per heavy atom. The summed E-state index contributed by atoms with van der Waals surface area (Å²) in [5, 5.41) is 23.6. The van der Waals surface area contributed by atoms with Gasteiger partial charge in [0.05, 0.1) is 24.7 Å². The summed E-state index contributed by atoms with van der Waals surface area (Å²) >= 11 is 6.20. The van der Waals surface area contributed by atoms with Gasteiger partial charge in [-0.1, -0.05) is 54.1 Å². The second-order valence-corrected chi connectivity index (χ2v) is 16.8. The molecule has 0 unspecified atom stereocenters. The van der Waals surface area contributed by atoms with Gasteiger partial charge < -0.3 is 25.7 Å². The van der Waals surface area contributed by atoms with Crippen molar-refractivity contribution in [1.82, 2.24) is 40.8 Å². The maximum absolute atomic E-state index is 15.5. The summed E-state index contributed by atoms with van der Waals surface area (Å²) in [6, 6.07) is 20.2. The summed E-state index contributed by atoms with van der Waals surface area (Å²) < 4.78 is 47.3. The van der Waals surface area contributed by atoms with Gasteiger partial charge in [0.1, 0.15) is 5.69 Å². The summed E-state index contributed by atoms with van der Waals surface area (Å²) in [7, 11) is -2.47. The van der Waals surface area contributed by atoms with Crippen molar-refractivity contribution in [2.24, 2.45) is 0 Å². The van der Waals surface area contributed by atoms with Crippen LogP contribution in [0.1, 0.15) is 49.2 Å². The molecule has 3 heterocycles. The number of rotatable bonds is 16. The number of hydrogen-bond donors (Lipinski definition) is 7. The molecular weight excluding hydrogens is 839 g/mol. The number of aromatic nitrogens is 5. The highest BCUT2D eigenvalue weighted by Crippen LogP contribution is 2.37. The zero-order valence-corrected chi connectivity index (χ0v) is 36.7. The van der Waals surface area contributed by atoms with E-state index in [1.165, 1.54) is 59.2 Å². The molecule has 0 fully saturated rings. The van der Waals surface area contributed by atoms with E-state index in [0.717, 1.165) is 31.3 Å². The van der Waals surface area contributed by atoms with Crippen LogP contribution in [0.15, 0.2) is 85.2 Å². The zero-order chi connectivity index (χ0) is 45.0. The van der Waals surface area contributed by atoms with E-state index in [1.807, 2.05) is 38.1 Å². The molecule has 62 heavy (non-hydrogen) atoms. The van der Waals surface area contributed by atoms with Gasteiger partial charge in [0.15, 0.2) is 5.82 Å². The van der Waals surface area contributed by atoms with E-state index in [1.54, 1.807) is 35.4 Å². The van der Waals surface area contributed by atoms with Gasteiger partial charge in [0.2, 0.25) is 16.0 Å². The summed E-state index contributed by atoms with van der Waals surface area (Å²) in [4.78, 5) is 34.5. The number of amides is 2. The Labute approximate surface area is 364 Å². The quantitative estimate of drug-likeness (QED) is 0.0223. The molecule has 2 amide bonds. The second kappa shape index (κ2) is 21.4. The minimum absolute atomic E-state index is 0.00655. The lowest BCUT2D eigenvalue weighted by atomic mass is 10.0. The number of methoxy groups -OCH3 is 1. The third kappa shape index (κ3) is 13.1. The van der Waals surface area contributed by atoms with Crippen molar-refractivity contribution >= 4 is 62.2 Å². The van der Waals surface area contributed by atoms with Crippen LogP contribution in [0, 0.1) is 12.7 Å². The first-order valence-electron chi connectivity index (χ1n) is 19.5. The van der Waals surface area contributed by atoms with Crippen LogP contribution in [-0.2, 0) is 32.5 Å². The van der Waals surface area contributed by atoms with E-state index in [-0.39, 0.29) is 40.0 Å². The molecule has 16 nitrogen and oxygen atoms in total. The lowest BCUT2D eigenvalue weighted by molar-refractivity contribution is -0.124. The molecule has 3 aromatic heterocycles. The SMILES string of the molecule is COC(=O)N[C@@H](C)CNc1nccc(-c2cn(C(C)C)nc2-c2cc(Cl)cc(NS(C)(=O)=O)c2F)n1.Cc1[nH]c2ccccc2c1CCNCc1ccc(/C=C/C(=O)NO)cc1. The van der Waals surface area contributed by atoms with Crippen molar-refractivity contribution in [3.63, 3.8) is 0 Å². The number of benzene rings is 3. The molecule has 0 aliphatic heterocycles. The Hall–Kier alpha value is -6.34. The molecule has 1 atom stereocenters. The standard InChI is InChI=1S/C22H27ClFN7O4S.C21H23N3O2/c1-12(2)31-11-16(17-6-7-25-21(28-17)26-10-13(3)27-22(32)35-4)20(29-31)15-8-14(23)9-18(19(15)24)30-36(5,33)34;1-15-18(19-4-2-3-5-20(19)23-15)12-13-22-14-17-8-6-16(7-9-17)10-11-21(25)24-26/h6-9,11-13,30H,10H2,1-5H3,(H,27,32)(H,25,26,28);2-11,22-23,26H,12-14H2,1H3,(H,24,25)/b;11-10+/t13-;/m0./s1. The Morgan fingerprint density at radius 1 is 1.06 bits per heavy atom. The van der Waals surface area contributed by atoms with Crippen LogP contribution in [0.2, 0.25) is 5.02 Å². The lowest BCUT2D eigenvalue weighted by Crippen LogP contribution is -2.37. The van der Waals surface area contributed by atoms with Gasteiger partial charge in [-0.15, -0.1) is 0 Å². The number of hydroxylamine groups is 1. The van der Waals surface area contributed by atoms with Gasteiger partial charge in [-0.25, -0.2) is 33.1 Å². The van der Waals surface area contributed by atoms with E-state index >= 15 is 4.39 Å². The number of halogens is 2. The first-order chi connectivity index (χ1) is 29.5. The molecule has 0 aliphatic carbocycles. The molecule has 0 saturated carbocycles. The molecule has 19 heteroatoms. The van der Waals surface area contributed by atoms with Crippen LogP contribution in [-0.4, -0.2) is 82.9 Å². The van der Waals surface area contributed by atoms with Gasteiger partial charge in [0.25, 0.3) is 5.91 Å². The second-order valence-electron chi connectivity index (χ2n) is 14.6. The zero-order valence-electron chi connectivity index (χ0n) is 35.1. The molecule has 0 bridgehead atoms. The van der Waals surface area contributed by atoms with E-state index in [4.69, 9.17) is 16.8 Å². The Kier molecular flexibility index (Phi) is 16.2. The lowest BCUT2D eigenvalue weighted by Gasteiger charge is -2.14. The van der Waals surface area contributed by atoms with E-state index in [9.17, 15) is 18.0 Å². The van der Waals surface area contributed by atoms with Crippen LogP contribution in [0.25, 0.3) is 39.5 Å². The van der Waals surface area contributed by atoms with Gasteiger partial charge in [-0.2, -0.15) is 5.10 Å². The average molecular weight is 889 g/mol. The van der Waals surface area contributed by atoms with Gasteiger partial charge >= 0.3 is 6.09 Å². The number of H-pyrrole nitrogens is 1. The molecule has 3 aromatic carbocycles. The van der Waals surface area contributed by atoms with Gasteiger partial charge in [-0.3, -0.25) is 19.4 Å². The number of nitrogens with one attached hydrogen (secondary N) is 6. The van der Waals surface area contributed by atoms with Crippen LogP contribution in [0.5, 0.6) is 0 Å². The number of carbonyl (C=O) groups is 2. The van der Waals surface area contributed by atoms with Crippen LogP contribution in [0.3, 0.4) is 0 Å². The molecular formula is C43H50ClFN10O6S. The Balaban J connectivity index is 0.000000246. The number of sulfonamides is 1. The predicted octanol–water partition coefficient (Wildman–Crippen LogP) is 7.24. The number of hydrogen-bond acceptors (Lipinski definition) is 11. The molecule has 328 valence electrons. The van der Waals surface area contributed by atoms with Gasteiger partial charge in [-0.05, 0) is 87.7 Å². The van der Waals surface area contributed by atoms with Crippen LogP contribution in [0.4, 0.5) is 20.8 Å². The molecule has 7 N–H and O–H groups in total. The number of ether oxygens (including phenoxy) is 1. The fourth-order valence-corrected chi connectivity index (χ4v) is 7.05. The smallest absolute Gasteiger partial charge is 0.407 e. The number of para-hydroxylation sites is 1. The number of alkyl carbamates (subject to hydrolysis) is 1.